The molecular formula is C41H52O2. The van der Waals surface area contributed by atoms with Gasteiger partial charge in [0.05, 0.1) is 5.92 Å². The van der Waals surface area contributed by atoms with Crippen molar-refractivity contribution in [2.75, 3.05) is 0 Å². The topological polar surface area (TPSA) is 26.3 Å². The van der Waals surface area contributed by atoms with Crippen LogP contribution in [0.1, 0.15) is 131 Å². The first-order valence-electron chi connectivity index (χ1n) is 16.9. The lowest BCUT2D eigenvalue weighted by Gasteiger charge is -2.36. The molecule has 2 unspecified atom stereocenters. The zero-order valence-corrected chi connectivity index (χ0v) is 27.3. The van der Waals surface area contributed by atoms with Gasteiger partial charge in [-0.25, -0.2) is 0 Å². The van der Waals surface area contributed by atoms with E-state index in [1.165, 1.54) is 89.5 Å². The second kappa shape index (κ2) is 14.1. The molecule has 2 atom stereocenters. The van der Waals surface area contributed by atoms with E-state index in [1.807, 2.05) is 20.8 Å². The van der Waals surface area contributed by atoms with Crippen molar-refractivity contribution in [1.82, 2.24) is 0 Å². The second-order valence-electron chi connectivity index (χ2n) is 14.1. The highest BCUT2D eigenvalue weighted by atomic mass is 16.6. The number of allylic oxidation sites excluding steroid dienone is 1. The number of rotatable bonds is 12. The molecule has 2 saturated carbocycles. The van der Waals surface area contributed by atoms with E-state index in [0.717, 1.165) is 25.7 Å². The third-order valence-electron chi connectivity index (χ3n) is 9.74. The van der Waals surface area contributed by atoms with Crippen LogP contribution in [-0.4, -0.2) is 11.6 Å². The lowest BCUT2D eigenvalue weighted by atomic mass is 9.71. The molecule has 2 fully saturated rings. The summed E-state index contributed by atoms with van der Waals surface area (Å²) < 4.78 is 5.65. The molecule has 2 aliphatic rings. The molecule has 0 aliphatic heterocycles. The minimum absolute atomic E-state index is 0.0145. The van der Waals surface area contributed by atoms with Gasteiger partial charge in [0.2, 0.25) is 0 Å². The molecule has 0 saturated heterocycles. The average Bonchev–Trinajstić information content (AvgIpc) is 2.92. The molecule has 5 rings (SSSR count). The highest BCUT2D eigenvalue weighted by Crippen LogP contribution is 2.43. The second-order valence-corrected chi connectivity index (χ2v) is 14.1. The summed E-state index contributed by atoms with van der Waals surface area (Å²) in [5.74, 6) is 1.35. The maximum absolute atomic E-state index is 12.5. The summed E-state index contributed by atoms with van der Waals surface area (Å²) in [6.45, 7) is 10.4. The van der Waals surface area contributed by atoms with Gasteiger partial charge < -0.3 is 4.74 Å². The van der Waals surface area contributed by atoms with Crippen LogP contribution >= 0.6 is 0 Å². The number of esters is 1. The summed E-state index contributed by atoms with van der Waals surface area (Å²) in [6.07, 6.45) is 13.0. The summed E-state index contributed by atoms with van der Waals surface area (Å²) in [5.41, 5.74) is 10.7. The van der Waals surface area contributed by atoms with Gasteiger partial charge in [0.1, 0.15) is 5.60 Å². The van der Waals surface area contributed by atoms with Gasteiger partial charge in [0, 0.05) is 0 Å². The summed E-state index contributed by atoms with van der Waals surface area (Å²) in [7, 11) is 0. The van der Waals surface area contributed by atoms with Gasteiger partial charge in [0.25, 0.3) is 0 Å². The summed E-state index contributed by atoms with van der Waals surface area (Å²) in [4.78, 5) is 12.5. The van der Waals surface area contributed by atoms with Crippen LogP contribution in [0.5, 0.6) is 0 Å². The molecule has 2 nitrogen and oxygen atoms in total. The van der Waals surface area contributed by atoms with E-state index in [1.54, 1.807) is 0 Å². The Morgan fingerprint density at radius 1 is 0.814 bits per heavy atom. The highest BCUT2D eigenvalue weighted by Gasteiger charge is 2.38. The van der Waals surface area contributed by atoms with Crippen molar-refractivity contribution < 1.29 is 9.53 Å². The van der Waals surface area contributed by atoms with E-state index in [9.17, 15) is 4.79 Å². The average molecular weight is 577 g/mol. The van der Waals surface area contributed by atoms with E-state index < -0.39 is 0 Å². The molecular weight excluding hydrogens is 524 g/mol. The Bertz CT molecular complexity index is 1380. The van der Waals surface area contributed by atoms with Crippen LogP contribution in [0, 0.1) is 18.8 Å². The molecule has 228 valence electrons. The van der Waals surface area contributed by atoms with E-state index in [0.29, 0.717) is 11.8 Å². The Morgan fingerprint density at radius 3 is 2.07 bits per heavy atom. The molecule has 43 heavy (non-hydrogen) atoms. The minimum atomic E-state index is -0.387. The van der Waals surface area contributed by atoms with E-state index >= 15 is 0 Å². The molecule has 2 aliphatic carbocycles. The Morgan fingerprint density at radius 2 is 1.49 bits per heavy atom. The fraction of sp³-hybridized carbons (Fsp3) is 0.488. The number of carbonyl (C=O) groups excluding carboxylic acids is 1. The first kappa shape index (κ1) is 31.3. The lowest BCUT2D eigenvalue weighted by molar-refractivity contribution is -0.166. The maximum Gasteiger partial charge on any atom is 0.309 e. The van der Waals surface area contributed by atoms with Crippen molar-refractivity contribution in [2.45, 2.75) is 117 Å². The number of hydrogen-bond acceptors (Lipinski definition) is 2. The van der Waals surface area contributed by atoms with Crippen LogP contribution in [0.4, 0.5) is 0 Å². The zero-order valence-electron chi connectivity index (χ0n) is 27.3. The minimum Gasteiger partial charge on any atom is -0.460 e. The Labute approximate surface area is 261 Å². The molecule has 3 aromatic rings. The summed E-state index contributed by atoms with van der Waals surface area (Å²) >= 11 is 0. The van der Waals surface area contributed by atoms with Crippen LogP contribution < -0.4 is 0 Å². The number of unbranched alkanes of at least 4 members (excludes halogenated alkanes) is 2. The van der Waals surface area contributed by atoms with Crippen molar-refractivity contribution in [2.24, 2.45) is 11.8 Å². The number of benzene rings is 3. The predicted molar refractivity (Wildman–Crippen MR) is 181 cm³/mol. The van der Waals surface area contributed by atoms with Crippen LogP contribution in [0.25, 0.3) is 11.1 Å². The van der Waals surface area contributed by atoms with E-state index in [-0.39, 0.29) is 17.5 Å². The summed E-state index contributed by atoms with van der Waals surface area (Å²) in [5, 5.41) is 0. The SMILES string of the molecule is CC/C(=C(\c1ccc(C)cc1)c1ccc(CCCCCC2CCC2C(=O)OC(C)(C)C)cc1)c1ccccc1C1CCC1. The predicted octanol–water partition coefficient (Wildman–Crippen LogP) is 11.1. The number of hydrogen-bond donors (Lipinski definition) is 0. The zero-order chi connectivity index (χ0) is 30.4. The third-order valence-corrected chi connectivity index (χ3v) is 9.74. The van der Waals surface area contributed by atoms with E-state index in [2.05, 4.69) is 86.6 Å². The Kier molecular flexibility index (Phi) is 10.3. The van der Waals surface area contributed by atoms with Crippen molar-refractivity contribution in [3.05, 3.63) is 106 Å². The van der Waals surface area contributed by atoms with Gasteiger partial charge in [0.15, 0.2) is 0 Å². The quantitative estimate of drug-likeness (QED) is 0.122. The van der Waals surface area contributed by atoms with Gasteiger partial charge in [-0.1, -0.05) is 105 Å². The fourth-order valence-electron chi connectivity index (χ4n) is 6.94. The molecule has 0 heterocycles. The van der Waals surface area contributed by atoms with Gasteiger partial charge in [-0.05, 0) is 130 Å². The van der Waals surface area contributed by atoms with Crippen LogP contribution in [0.15, 0.2) is 72.8 Å². The van der Waals surface area contributed by atoms with Crippen LogP contribution in [0.2, 0.25) is 0 Å². The highest BCUT2D eigenvalue weighted by molar-refractivity contribution is 5.99. The normalized spacial score (nSPS) is 19.3. The van der Waals surface area contributed by atoms with Gasteiger partial charge in [-0.15, -0.1) is 0 Å². The molecule has 0 bridgehead atoms. The maximum atomic E-state index is 12.5. The van der Waals surface area contributed by atoms with Crippen LogP contribution in [0.3, 0.4) is 0 Å². The first-order valence-corrected chi connectivity index (χ1v) is 16.9. The number of carbonyl (C=O) groups is 1. The molecule has 0 radical (unpaired) electrons. The first-order chi connectivity index (χ1) is 20.7. The van der Waals surface area contributed by atoms with Crippen molar-refractivity contribution in [3.8, 4) is 0 Å². The van der Waals surface area contributed by atoms with Gasteiger partial charge in [-0.2, -0.15) is 0 Å². The Hall–Kier alpha value is -3.13. The molecule has 0 N–H and O–H groups in total. The number of ether oxygens (including phenoxy) is 1. The van der Waals surface area contributed by atoms with E-state index in [4.69, 9.17) is 4.74 Å². The lowest BCUT2D eigenvalue weighted by Crippen LogP contribution is -2.38. The molecule has 3 aromatic carbocycles. The van der Waals surface area contributed by atoms with Crippen molar-refractivity contribution in [1.29, 1.82) is 0 Å². The van der Waals surface area contributed by atoms with Crippen LogP contribution in [-0.2, 0) is 16.0 Å². The summed E-state index contributed by atoms with van der Waals surface area (Å²) in [6, 6.07) is 27.6. The van der Waals surface area contributed by atoms with Crippen molar-refractivity contribution in [3.63, 3.8) is 0 Å². The largest absolute Gasteiger partial charge is 0.460 e. The van der Waals surface area contributed by atoms with Crippen molar-refractivity contribution >= 4 is 17.1 Å². The molecule has 0 aromatic heterocycles. The number of aryl methyl sites for hydroxylation is 2. The molecule has 2 heteroatoms. The Balaban J connectivity index is 1.26. The smallest absolute Gasteiger partial charge is 0.309 e. The third kappa shape index (κ3) is 7.88. The molecule has 0 spiro atoms. The fourth-order valence-corrected chi connectivity index (χ4v) is 6.94. The van der Waals surface area contributed by atoms with Gasteiger partial charge >= 0.3 is 5.97 Å². The van der Waals surface area contributed by atoms with Gasteiger partial charge in [-0.3, -0.25) is 4.79 Å². The monoisotopic (exact) mass is 576 g/mol. The molecule has 0 amide bonds. The standard InChI is InChI=1S/C41H52O2/c1-6-35(38-18-11-10-17-36(38)31-15-12-16-31)39(33-23-19-29(2)20-24-33)34-25-21-30(22-26-34)13-8-7-9-14-32-27-28-37(32)40(42)43-41(3,4)5/h10-11,17-26,31-32,37H,6-9,12-16,27-28H2,1-5H3/b39-35-.